The smallest absolute Gasteiger partial charge is 0.276 e. The predicted molar refractivity (Wildman–Crippen MR) is 82.4 cm³/mol. The van der Waals surface area contributed by atoms with Crippen molar-refractivity contribution in [1.82, 2.24) is 9.97 Å². The normalized spacial score (nSPS) is 10.4. The molecule has 0 aliphatic carbocycles. The average Bonchev–Trinajstić information content (AvgIpc) is 3.11. The van der Waals surface area contributed by atoms with Crippen molar-refractivity contribution >= 4 is 34.4 Å². The molecule has 3 aromatic rings. The van der Waals surface area contributed by atoms with Crippen molar-refractivity contribution in [3.05, 3.63) is 52.5 Å². The molecule has 0 saturated carbocycles. The SMILES string of the molecule is Cc1ccc(NC(=O)c2csc(-c3cccs3)n2)nc1. The van der Waals surface area contributed by atoms with E-state index in [0.29, 0.717) is 11.5 Å². The van der Waals surface area contributed by atoms with Gasteiger partial charge in [-0.2, -0.15) is 0 Å². The maximum Gasteiger partial charge on any atom is 0.276 e. The third-order valence-corrected chi connectivity index (χ3v) is 4.50. The number of aryl methyl sites for hydroxylation is 1. The zero-order valence-electron chi connectivity index (χ0n) is 10.7. The summed E-state index contributed by atoms with van der Waals surface area (Å²) in [6, 6.07) is 7.64. The van der Waals surface area contributed by atoms with Crippen molar-refractivity contribution in [2.45, 2.75) is 6.92 Å². The minimum Gasteiger partial charge on any atom is -0.305 e. The first-order valence-electron chi connectivity index (χ1n) is 5.96. The number of carbonyl (C=O) groups is 1. The first kappa shape index (κ1) is 13.0. The van der Waals surface area contributed by atoms with Crippen LogP contribution in [0, 0.1) is 6.92 Å². The Bertz CT molecular complexity index is 717. The highest BCUT2D eigenvalue weighted by atomic mass is 32.1. The number of carbonyl (C=O) groups excluding carboxylic acids is 1. The molecule has 6 heteroatoms. The number of hydrogen-bond donors (Lipinski definition) is 1. The van der Waals surface area contributed by atoms with E-state index in [1.165, 1.54) is 11.3 Å². The molecule has 0 aliphatic rings. The van der Waals surface area contributed by atoms with Crippen LogP contribution in [0.2, 0.25) is 0 Å². The second-order valence-electron chi connectivity index (χ2n) is 4.19. The van der Waals surface area contributed by atoms with Crippen molar-refractivity contribution in [3.8, 4) is 9.88 Å². The van der Waals surface area contributed by atoms with E-state index in [9.17, 15) is 4.79 Å². The zero-order valence-corrected chi connectivity index (χ0v) is 12.3. The summed E-state index contributed by atoms with van der Waals surface area (Å²) in [5.74, 6) is 0.298. The van der Waals surface area contributed by atoms with Gasteiger partial charge in [-0.05, 0) is 30.0 Å². The Morgan fingerprint density at radius 2 is 2.15 bits per heavy atom. The van der Waals surface area contributed by atoms with Gasteiger partial charge in [0, 0.05) is 11.6 Å². The molecule has 4 nitrogen and oxygen atoms in total. The third-order valence-electron chi connectivity index (χ3n) is 2.62. The van der Waals surface area contributed by atoms with Crippen LogP contribution in [0.25, 0.3) is 9.88 Å². The number of rotatable bonds is 3. The molecule has 3 rings (SSSR count). The summed E-state index contributed by atoms with van der Waals surface area (Å²) in [7, 11) is 0. The first-order chi connectivity index (χ1) is 9.72. The lowest BCUT2D eigenvalue weighted by atomic mass is 10.3. The highest BCUT2D eigenvalue weighted by Gasteiger charge is 2.12. The molecule has 3 aromatic heterocycles. The van der Waals surface area contributed by atoms with Gasteiger partial charge in [0.25, 0.3) is 5.91 Å². The fourth-order valence-corrected chi connectivity index (χ4v) is 3.23. The van der Waals surface area contributed by atoms with Crippen LogP contribution in [0.5, 0.6) is 0 Å². The largest absolute Gasteiger partial charge is 0.305 e. The summed E-state index contributed by atoms with van der Waals surface area (Å²) in [6.07, 6.45) is 1.72. The van der Waals surface area contributed by atoms with Crippen LogP contribution < -0.4 is 5.32 Å². The Labute approximate surface area is 124 Å². The van der Waals surface area contributed by atoms with Gasteiger partial charge in [0.15, 0.2) is 0 Å². The molecule has 0 radical (unpaired) electrons. The van der Waals surface area contributed by atoms with Crippen LogP contribution in [0.3, 0.4) is 0 Å². The van der Waals surface area contributed by atoms with Gasteiger partial charge in [-0.3, -0.25) is 4.79 Å². The van der Waals surface area contributed by atoms with Gasteiger partial charge in [0.05, 0.1) is 4.88 Å². The Morgan fingerprint density at radius 3 is 2.85 bits per heavy atom. The number of pyridine rings is 1. The van der Waals surface area contributed by atoms with Crippen molar-refractivity contribution in [2.75, 3.05) is 5.32 Å². The van der Waals surface area contributed by atoms with Crippen molar-refractivity contribution in [1.29, 1.82) is 0 Å². The van der Waals surface area contributed by atoms with Crippen LogP contribution in [0.1, 0.15) is 16.1 Å². The second kappa shape index (κ2) is 5.52. The number of nitrogens with zero attached hydrogens (tertiary/aromatic N) is 2. The number of thiazole rings is 1. The highest BCUT2D eigenvalue weighted by Crippen LogP contribution is 2.27. The van der Waals surface area contributed by atoms with Crippen molar-refractivity contribution in [3.63, 3.8) is 0 Å². The number of amides is 1. The monoisotopic (exact) mass is 301 g/mol. The van der Waals surface area contributed by atoms with Gasteiger partial charge in [-0.25, -0.2) is 9.97 Å². The molecule has 0 spiro atoms. The quantitative estimate of drug-likeness (QED) is 0.800. The minimum absolute atomic E-state index is 0.236. The molecular formula is C14H11N3OS2. The van der Waals surface area contributed by atoms with Gasteiger partial charge < -0.3 is 5.32 Å². The zero-order chi connectivity index (χ0) is 13.9. The molecule has 0 aliphatic heterocycles. The lowest BCUT2D eigenvalue weighted by Crippen LogP contribution is -2.13. The number of anilines is 1. The van der Waals surface area contributed by atoms with E-state index in [1.54, 1.807) is 29.0 Å². The number of hydrogen-bond acceptors (Lipinski definition) is 5. The molecule has 0 unspecified atom stereocenters. The van der Waals surface area contributed by atoms with Crippen LogP contribution in [0.4, 0.5) is 5.82 Å². The van der Waals surface area contributed by atoms with Crippen LogP contribution >= 0.6 is 22.7 Å². The van der Waals surface area contributed by atoms with E-state index < -0.39 is 0 Å². The number of thiophene rings is 1. The molecule has 0 fully saturated rings. The summed E-state index contributed by atoms with van der Waals surface area (Å²) in [4.78, 5) is 21.7. The van der Waals surface area contributed by atoms with E-state index in [0.717, 1.165) is 15.4 Å². The molecule has 0 aromatic carbocycles. The second-order valence-corrected chi connectivity index (χ2v) is 6.00. The summed E-state index contributed by atoms with van der Waals surface area (Å²) in [6.45, 7) is 1.95. The Balaban J connectivity index is 1.76. The number of aromatic nitrogens is 2. The average molecular weight is 301 g/mol. The predicted octanol–water partition coefficient (Wildman–Crippen LogP) is 3.83. The summed E-state index contributed by atoms with van der Waals surface area (Å²) in [5, 5.41) is 7.36. The maximum absolute atomic E-state index is 12.1. The molecule has 1 N–H and O–H groups in total. The molecule has 100 valence electrons. The molecule has 0 bridgehead atoms. The van der Waals surface area contributed by atoms with Crippen LogP contribution in [0.15, 0.2) is 41.2 Å². The number of nitrogens with one attached hydrogen (secondary N) is 1. The van der Waals surface area contributed by atoms with Crippen molar-refractivity contribution < 1.29 is 4.79 Å². The minimum atomic E-state index is -0.236. The van der Waals surface area contributed by atoms with E-state index in [-0.39, 0.29) is 5.91 Å². The topological polar surface area (TPSA) is 54.9 Å². The van der Waals surface area contributed by atoms with Gasteiger partial charge in [0.2, 0.25) is 0 Å². The summed E-state index contributed by atoms with van der Waals surface area (Å²) < 4.78 is 0. The van der Waals surface area contributed by atoms with Crippen molar-refractivity contribution in [2.24, 2.45) is 0 Å². The van der Waals surface area contributed by atoms with E-state index in [4.69, 9.17) is 0 Å². The van der Waals surface area contributed by atoms with E-state index >= 15 is 0 Å². The maximum atomic E-state index is 12.1. The third kappa shape index (κ3) is 2.76. The summed E-state index contributed by atoms with van der Waals surface area (Å²) >= 11 is 3.08. The summed E-state index contributed by atoms with van der Waals surface area (Å²) in [5.41, 5.74) is 1.47. The van der Waals surface area contributed by atoms with Gasteiger partial charge >= 0.3 is 0 Å². The molecule has 0 saturated heterocycles. The van der Waals surface area contributed by atoms with E-state index in [1.807, 2.05) is 30.5 Å². The highest BCUT2D eigenvalue weighted by molar-refractivity contribution is 7.20. The Kier molecular flexibility index (Phi) is 3.58. The molecule has 1 amide bonds. The van der Waals surface area contributed by atoms with Gasteiger partial charge in [0.1, 0.15) is 16.5 Å². The first-order valence-corrected chi connectivity index (χ1v) is 7.72. The lowest BCUT2D eigenvalue weighted by molar-refractivity contribution is 0.102. The molecule has 20 heavy (non-hydrogen) atoms. The van der Waals surface area contributed by atoms with Crippen LogP contribution in [-0.2, 0) is 0 Å². The Hall–Kier alpha value is -2.05. The van der Waals surface area contributed by atoms with Crippen LogP contribution in [-0.4, -0.2) is 15.9 Å². The molecular weight excluding hydrogens is 290 g/mol. The van der Waals surface area contributed by atoms with E-state index in [2.05, 4.69) is 15.3 Å². The standard InChI is InChI=1S/C14H11N3OS2/c1-9-4-5-12(15-7-9)17-13(18)10-8-20-14(16-10)11-3-2-6-19-11/h2-8H,1H3,(H,15,17,18). The molecule has 3 heterocycles. The van der Waals surface area contributed by atoms with Gasteiger partial charge in [-0.1, -0.05) is 12.1 Å². The molecule has 0 atom stereocenters. The Morgan fingerprint density at radius 1 is 1.25 bits per heavy atom. The fraction of sp³-hybridized carbons (Fsp3) is 0.0714. The lowest BCUT2D eigenvalue weighted by Gasteiger charge is -2.01. The fourth-order valence-electron chi connectivity index (χ4n) is 1.61. The van der Waals surface area contributed by atoms with Gasteiger partial charge in [-0.15, -0.1) is 22.7 Å².